The molecule has 0 spiro atoms. The van der Waals surface area contributed by atoms with Gasteiger partial charge in [0.1, 0.15) is 22.7 Å². The highest BCUT2D eigenvalue weighted by Crippen LogP contribution is 2.50. The van der Waals surface area contributed by atoms with Crippen molar-refractivity contribution in [1.82, 2.24) is 0 Å². The fourth-order valence-corrected chi connectivity index (χ4v) is 8.93. The zero-order chi connectivity index (χ0) is 43.2. The molecule has 0 aliphatic heterocycles. The number of benzene rings is 4. The summed E-state index contributed by atoms with van der Waals surface area (Å²) in [7, 11) is -2.03. The van der Waals surface area contributed by atoms with Gasteiger partial charge < -0.3 is 18.0 Å². The Hall–Kier alpha value is -3.62. The first-order valence-electron chi connectivity index (χ1n) is 20.9. The second kappa shape index (κ2) is 14.6. The van der Waals surface area contributed by atoms with Gasteiger partial charge in [-0.1, -0.05) is 179 Å². The number of phenols is 1. The van der Waals surface area contributed by atoms with Crippen molar-refractivity contribution in [1.29, 1.82) is 0 Å². The molecule has 0 aliphatic rings. The highest BCUT2D eigenvalue weighted by molar-refractivity contribution is 7.32. The molecule has 0 fully saturated rings. The number of fused-ring (bicyclic) bond motifs is 3. The van der Waals surface area contributed by atoms with Crippen LogP contribution in [0.5, 0.6) is 11.5 Å². The van der Waals surface area contributed by atoms with E-state index >= 15 is 0 Å². The topological polar surface area (TPSA) is 55.7 Å². The molecular formula is C52H73O4P. The van der Waals surface area contributed by atoms with E-state index in [1.54, 1.807) is 0 Å². The van der Waals surface area contributed by atoms with Crippen molar-refractivity contribution in [3.8, 4) is 11.5 Å². The molecule has 4 aromatic carbocycles. The Labute approximate surface area is 346 Å². The van der Waals surface area contributed by atoms with Gasteiger partial charge in [0.15, 0.2) is 0 Å². The molecule has 1 unspecified atom stereocenters. The van der Waals surface area contributed by atoms with Gasteiger partial charge in [-0.2, -0.15) is 0 Å². The first-order valence-corrected chi connectivity index (χ1v) is 22.0. The maximum Gasteiger partial charge on any atom is 0.453 e. The number of rotatable bonds is 4. The Balaban J connectivity index is 2.00. The van der Waals surface area contributed by atoms with E-state index < -0.39 is 8.24 Å². The normalized spacial score (nSPS) is 14.1. The lowest BCUT2D eigenvalue weighted by Gasteiger charge is -2.28. The van der Waals surface area contributed by atoms with Crippen LogP contribution in [0, 0.1) is 13.8 Å². The molecule has 1 N–H and O–H groups in total. The Morgan fingerprint density at radius 3 is 1.21 bits per heavy atom. The van der Waals surface area contributed by atoms with E-state index in [2.05, 4.69) is 194 Å². The molecule has 5 heteroatoms. The molecule has 0 saturated carbocycles. The highest BCUT2D eigenvalue weighted by Gasteiger charge is 2.32. The average Bonchev–Trinajstić information content (AvgIpc) is 3.18. The molecule has 1 heterocycles. The maximum atomic E-state index is 11.9. The molecular weight excluding hydrogens is 720 g/mol. The van der Waals surface area contributed by atoms with Crippen molar-refractivity contribution in [3.05, 3.63) is 104 Å². The van der Waals surface area contributed by atoms with Crippen molar-refractivity contribution in [3.63, 3.8) is 0 Å². The zero-order valence-electron chi connectivity index (χ0n) is 39.3. The molecule has 5 rings (SSSR count). The monoisotopic (exact) mass is 793 g/mol. The highest BCUT2D eigenvalue weighted by atomic mass is 31.1. The smallest absolute Gasteiger partial charge is 0.453 e. The molecule has 310 valence electrons. The second-order valence-electron chi connectivity index (χ2n) is 23.0. The predicted molar refractivity (Wildman–Crippen MR) is 246 cm³/mol. The van der Waals surface area contributed by atoms with Crippen LogP contribution in [-0.2, 0) is 32.5 Å². The summed E-state index contributed by atoms with van der Waals surface area (Å²) in [5.41, 5.74) is 11.4. The van der Waals surface area contributed by atoms with Gasteiger partial charge in [-0.15, -0.1) is 0 Å². The lowest BCUT2D eigenvalue weighted by atomic mass is 9.77. The molecule has 0 radical (unpaired) electrons. The van der Waals surface area contributed by atoms with Gasteiger partial charge in [0.25, 0.3) is 0 Å². The Morgan fingerprint density at radius 2 is 0.842 bits per heavy atom. The van der Waals surface area contributed by atoms with E-state index in [-0.39, 0.29) is 38.4 Å². The van der Waals surface area contributed by atoms with Crippen LogP contribution in [0.3, 0.4) is 0 Å². The van der Waals surface area contributed by atoms with Crippen LogP contribution in [0.2, 0.25) is 0 Å². The van der Waals surface area contributed by atoms with E-state index in [9.17, 15) is 5.11 Å². The first-order chi connectivity index (χ1) is 25.7. The molecule has 0 amide bonds. The van der Waals surface area contributed by atoms with E-state index in [0.29, 0.717) is 5.75 Å². The minimum atomic E-state index is -2.03. The van der Waals surface area contributed by atoms with E-state index in [4.69, 9.17) is 12.9 Å². The SMILES string of the molecule is Cc1cc(C(C)c2cc(C)cc(C(C)(C)C)c2Op2oc3c(C(C)(C)C)cc(C(C)(C)C)cc3c3cc(C(C)(C)C)cc(C(C)(C)C)c3o2)c(O)c(C(C)(C)C)c1. The summed E-state index contributed by atoms with van der Waals surface area (Å²) < 4.78 is 21.9. The molecule has 0 saturated heterocycles. The summed E-state index contributed by atoms with van der Waals surface area (Å²) >= 11 is 0. The third-order valence-corrected chi connectivity index (χ3v) is 12.4. The molecule has 1 aromatic heterocycles. The fraction of sp³-hybridized carbons (Fsp3) is 0.538. The molecule has 0 bridgehead atoms. The van der Waals surface area contributed by atoms with Crippen LogP contribution in [0.1, 0.15) is 193 Å². The van der Waals surface area contributed by atoms with E-state index in [1.165, 1.54) is 11.1 Å². The van der Waals surface area contributed by atoms with Crippen molar-refractivity contribution in [2.45, 2.75) is 184 Å². The van der Waals surface area contributed by atoms with Crippen molar-refractivity contribution in [2.24, 2.45) is 0 Å². The summed E-state index contributed by atoms with van der Waals surface area (Å²) in [6.07, 6.45) is 0. The van der Waals surface area contributed by atoms with E-state index in [0.717, 1.165) is 72.2 Å². The molecule has 57 heavy (non-hydrogen) atoms. The van der Waals surface area contributed by atoms with Crippen molar-refractivity contribution >= 4 is 30.2 Å². The van der Waals surface area contributed by atoms with Crippen LogP contribution in [0.15, 0.2) is 56.9 Å². The largest absolute Gasteiger partial charge is 0.507 e. The van der Waals surface area contributed by atoms with Crippen molar-refractivity contribution in [2.75, 3.05) is 0 Å². The Kier molecular flexibility index (Phi) is 11.4. The van der Waals surface area contributed by atoms with E-state index in [1.807, 2.05) is 0 Å². The minimum absolute atomic E-state index is 0.0964. The zero-order valence-corrected chi connectivity index (χ0v) is 40.2. The van der Waals surface area contributed by atoms with Crippen LogP contribution in [0.25, 0.3) is 21.9 Å². The first kappa shape index (κ1) is 44.5. The van der Waals surface area contributed by atoms with Crippen LogP contribution in [-0.4, -0.2) is 5.11 Å². The lowest BCUT2D eigenvalue weighted by molar-refractivity contribution is 0.437. The van der Waals surface area contributed by atoms with Gasteiger partial charge in [0.05, 0.1) is 0 Å². The van der Waals surface area contributed by atoms with Gasteiger partial charge >= 0.3 is 8.24 Å². The quantitative estimate of drug-likeness (QED) is 0.197. The molecule has 4 nitrogen and oxygen atoms in total. The number of hydrogen-bond acceptors (Lipinski definition) is 4. The molecule has 5 aromatic rings. The summed E-state index contributed by atoms with van der Waals surface area (Å²) in [4.78, 5) is 0. The van der Waals surface area contributed by atoms with Crippen LogP contribution in [0.4, 0.5) is 0 Å². The number of phenolic OH excluding ortho intramolecular Hbond substituents is 1. The lowest BCUT2D eigenvalue weighted by Crippen LogP contribution is -2.17. The van der Waals surface area contributed by atoms with Gasteiger partial charge in [0.2, 0.25) is 0 Å². The average molecular weight is 793 g/mol. The Morgan fingerprint density at radius 1 is 0.474 bits per heavy atom. The molecule has 0 aliphatic carbocycles. The third kappa shape index (κ3) is 9.17. The second-order valence-corrected chi connectivity index (χ2v) is 24.0. The maximum absolute atomic E-state index is 11.9. The van der Waals surface area contributed by atoms with Gasteiger partial charge in [-0.25, -0.2) is 0 Å². The van der Waals surface area contributed by atoms with Crippen LogP contribution < -0.4 is 4.52 Å². The number of aryl methyl sites for hydroxylation is 2. The number of aromatic hydroxyl groups is 1. The van der Waals surface area contributed by atoms with Gasteiger partial charge in [-0.3, -0.25) is 0 Å². The van der Waals surface area contributed by atoms with Crippen molar-refractivity contribution < 1.29 is 18.0 Å². The van der Waals surface area contributed by atoms with Crippen LogP contribution >= 0.6 is 8.24 Å². The minimum Gasteiger partial charge on any atom is -0.507 e. The third-order valence-electron chi connectivity index (χ3n) is 11.4. The summed E-state index contributed by atoms with van der Waals surface area (Å²) in [6, 6.07) is 18.0. The fourth-order valence-electron chi connectivity index (χ4n) is 7.77. The predicted octanol–water partition coefficient (Wildman–Crippen LogP) is 16.4. The molecule has 1 atom stereocenters. The summed E-state index contributed by atoms with van der Waals surface area (Å²) in [5, 5.41) is 14.0. The Bertz CT molecular complexity index is 2270. The standard InChI is InChI=1S/C52H73O4P/c1-30-22-35(43(53)39(24-30)49(10,11)12)32(3)36-23-31(2)25-40(50(13,14)15)44(36)54-57-55-45-37(26-33(47(4,5)6)28-41(45)51(16,17)18)38-27-34(48(7,8)9)29-42(46(38)56-57)52(19,20)21/h22-29,32,53H,1-21H3. The van der Waals surface area contributed by atoms with Gasteiger partial charge in [-0.05, 0) is 75.2 Å². The summed E-state index contributed by atoms with van der Waals surface area (Å²) in [5.74, 6) is 0.902. The summed E-state index contributed by atoms with van der Waals surface area (Å²) in [6.45, 7) is 46.8. The number of hydrogen-bond donors (Lipinski definition) is 1. The van der Waals surface area contributed by atoms with Gasteiger partial charge in [0, 0.05) is 44.5 Å².